The number of anilines is 3. The molecule has 0 unspecified atom stereocenters. The van der Waals surface area contributed by atoms with Crippen LogP contribution in [-0.4, -0.2) is 24.3 Å². The molecule has 2 aromatic carbocycles. The molecule has 0 fully saturated rings. The summed E-state index contributed by atoms with van der Waals surface area (Å²) in [4.78, 5) is 37.7. The van der Waals surface area contributed by atoms with E-state index in [-0.39, 0.29) is 37.1 Å². The summed E-state index contributed by atoms with van der Waals surface area (Å²) in [5.74, 6) is -0.897. The van der Waals surface area contributed by atoms with E-state index in [0.717, 1.165) is 0 Å². The van der Waals surface area contributed by atoms with Crippen molar-refractivity contribution in [3.8, 4) is 6.07 Å². The Morgan fingerprint density at radius 1 is 1.15 bits per heavy atom. The van der Waals surface area contributed by atoms with E-state index in [2.05, 4.69) is 10.6 Å². The van der Waals surface area contributed by atoms with Crippen LogP contribution in [0.4, 0.5) is 17.1 Å². The average Bonchev–Trinajstić information content (AvgIpc) is 2.65. The van der Waals surface area contributed by atoms with Crippen LogP contribution in [0.2, 0.25) is 0 Å². The van der Waals surface area contributed by atoms with Gasteiger partial charge in [0.25, 0.3) is 0 Å². The van der Waals surface area contributed by atoms with Gasteiger partial charge in [-0.05, 0) is 30.3 Å². The van der Waals surface area contributed by atoms with E-state index in [1.165, 1.54) is 4.90 Å². The van der Waals surface area contributed by atoms with Gasteiger partial charge in [-0.15, -0.1) is 0 Å². The van der Waals surface area contributed by atoms with Crippen molar-refractivity contribution in [2.75, 3.05) is 22.1 Å². The molecule has 3 rings (SSSR count). The molecule has 7 heteroatoms. The van der Waals surface area contributed by atoms with Gasteiger partial charge in [0.2, 0.25) is 17.7 Å². The highest BCUT2D eigenvalue weighted by Gasteiger charge is 2.26. The van der Waals surface area contributed by atoms with E-state index in [9.17, 15) is 14.4 Å². The molecule has 0 bridgehead atoms. The van der Waals surface area contributed by atoms with Crippen molar-refractivity contribution in [1.29, 1.82) is 5.26 Å². The zero-order valence-electron chi connectivity index (χ0n) is 13.9. The van der Waals surface area contributed by atoms with Gasteiger partial charge in [-0.25, -0.2) is 0 Å². The molecular formula is C19H16N4O3. The van der Waals surface area contributed by atoms with Crippen LogP contribution < -0.4 is 15.5 Å². The molecule has 1 aliphatic rings. The second-order valence-electron chi connectivity index (χ2n) is 5.79. The van der Waals surface area contributed by atoms with Gasteiger partial charge in [-0.3, -0.25) is 14.4 Å². The first-order chi connectivity index (χ1) is 12.6. The fourth-order valence-electron chi connectivity index (χ4n) is 2.70. The number of nitrogens with one attached hydrogen (secondary N) is 2. The summed E-state index contributed by atoms with van der Waals surface area (Å²) in [6.07, 6.45) is -0.0404. The second-order valence-corrected chi connectivity index (χ2v) is 5.79. The number of nitrogens with zero attached hydrogens (tertiary/aromatic N) is 2. The Morgan fingerprint density at radius 3 is 2.77 bits per heavy atom. The number of hydrogen-bond donors (Lipinski definition) is 2. The summed E-state index contributed by atoms with van der Waals surface area (Å²) >= 11 is 0. The highest BCUT2D eigenvalue weighted by molar-refractivity contribution is 6.10. The van der Waals surface area contributed by atoms with Crippen LogP contribution in [0.25, 0.3) is 0 Å². The van der Waals surface area contributed by atoms with E-state index in [0.29, 0.717) is 22.6 Å². The van der Waals surface area contributed by atoms with Crippen LogP contribution >= 0.6 is 0 Å². The zero-order valence-corrected chi connectivity index (χ0v) is 13.9. The Morgan fingerprint density at radius 2 is 1.96 bits per heavy atom. The Kier molecular flexibility index (Phi) is 4.94. The molecule has 1 aliphatic heterocycles. The number of benzene rings is 2. The molecule has 7 nitrogen and oxygen atoms in total. The first-order valence-electron chi connectivity index (χ1n) is 8.06. The van der Waals surface area contributed by atoms with E-state index >= 15 is 0 Å². The maximum atomic E-state index is 12.5. The predicted octanol–water partition coefficient (Wildman–Crippen LogP) is 2.26. The Hall–Kier alpha value is -3.66. The zero-order chi connectivity index (χ0) is 18.5. The van der Waals surface area contributed by atoms with E-state index in [4.69, 9.17) is 5.26 Å². The number of amides is 3. The van der Waals surface area contributed by atoms with Gasteiger partial charge in [0.05, 0.1) is 23.0 Å². The second kappa shape index (κ2) is 7.49. The monoisotopic (exact) mass is 348 g/mol. The topological polar surface area (TPSA) is 102 Å². The first-order valence-corrected chi connectivity index (χ1v) is 8.06. The van der Waals surface area contributed by atoms with Crippen LogP contribution in [0.15, 0.2) is 48.5 Å². The van der Waals surface area contributed by atoms with Gasteiger partial charge >= 0.3 is 0 Å². The lowest BCUT2D eigenvalue weighted by atomic mass is 10.1. The quantitative estimate of drug-likeness (QED) is 0.884. The van der Waals surface area contributed by atoms with Gasteiger partial charge in [-0.2, -0.15) is 5.26 Å². The maximum Gasteiger partial charge on any atom is 0.244 e. The van der Waals surface area contributed by atoms with Crippen molar-refractivity contribution < 1.29 is 14.4 Å². The van der Waals surface area contributed by atoms with Crippen molar-refractivity contribution in [3.63, 3.8) is 0 Å². The van der Waals surface area contributed by atoms with Crippen LogP contribution in [0.1, 0.15) is 18.4 Å². The highest BCUT2D eigenvalue weighted by Crippen LogP contribution is 2.29. The number of hydrogen-bond acceptors (Lipinski definition) is 4. The molecule has 0 saturated heterocycles. The minimum absolute atomic E-state index is 0.0180. The molecule has 1 heterocycles. The van der Waals surface area contributed by atoms with Gasteiger partial charge < -0.3 is 15.5 Å². The molecule has 0 aliphatic carbocycles. The predicted molar refractivity (Wildman–Crippen MR) is 96.4 cm³/mol. The van der Waals surface area contributed by atoms with E-state index in [1.807, 2.05) is 6.07 Å². The molecule has 2 aromatic rings. The highest BCUT2D eigenvalue weighted by atomic mass is 16.2. The van der Waals surface area contributed by atoms with Crippen LogP contribution in [-0.2, 0) is 14.4 Å². The molecule has 0 saturated carbocycles. The molecule has 0 spiro atoms. The van der Waals surface area contributed by atoms with Crippen LogP contribution in [0.3, 0.4) is 0 Å². The lowest BCUT2D eigenvalue weighted by Crippen LogP contribution is -2.42. The third-order valence-electron chi connectivity index (χ3n) is 3.91. The van der Waals surface area contributed by atoms with E-state index in [1.54, 1.807) is 48.5 Å². The molecular weight excluding hydrogens is 332 g/mol. The van der Waals surface area contributed by atoms with Gasteiger partial charge in [0.1, 0.15) is 6.54 Å². The SMILES string of the molecule is N#Cc1cccc(NC(=O)CCC(=O)N2CC(=O)Nc3ccccc32)c1. The Bertz CT molecular complexity index is 917. The summed E-state index contributed by atoms with van der Waals surface area (Å²) in [6, 6.07) is 15.6. The smallest absolute Gasteiger partial charge is 0.244 e. The largest absolute Gasteiger partial charge is 0.326 e. The number of carbonyl (C=O) groups is 3. The summed E-state index contributed by atoms with van der Waals surface area (Å²) in [5.41, 5.74) is 2.15. The van der Waals surface area contributed by atoms with Crippen LogP contribution in [0.5, 0.6) is 0 Å². The van der Waals surface area contributed by atoms with Crippen molar-refractivity contribution in [3.05, 3.63) is 54.1 Å². The molecule has 0 aromatic heterocycles. The van der Waals surface area contributed by atoms with Gasteiger partial charge in [0, 0.05) is 18.5 Å². The summed E-state index contributed by atoms with van der Waals surface area (Å²) in [5, 5.41) is 14.2. The van der Waals surface area contributed by atoms with Crippen LogP contribution in [0, 0.1) is 11.3 Å². The van der Waals surface area contributed by atoms with Gasteiger partial charge in [-0.1, -0.05) is 18.2 Å². The third-order valence-corrected chi connectivity index (χ3v) is 3.91. The lowest BCUT2D eigenvalue weighted by molar-refractivity contribution is -0.124. The minimum Gasteiger partial charge on any atom is -0.326 e. The molecule has 2 N–H and O–H groups in total. The number of para-hydroxylation sites is 2. The number of carbonyl (C=O) groups excluding carboxylic acids is 3. The Labute approximate surface area is 150 Å². The summed E-state index contributed by atoms with van der Waals surface area (Å²) in [6.45, 7) is -0.0678. The number of rotatable bonds is 4. The Balaban J connectivity index is 1.61. The molecule has 130 valence electrons. The third kappa shape index (κ3) is 3.87. The molecule has 0 atom stereocenters. The van der Waals surface area contributed by atoms with Crippen molar-refractivity contribution in [2.45, 2.75) is 12.8 Å². The summed E-state index contributed by atoms with van der Waals surface area (Å²) in [7, 11) is 0. The standard InChI is InChI=1S/C19H16N4O3/c20-11-13-4-3-5-14(10-13)21-17(24)8-9-19(26)23-12-18(25)22-15-6-1-2-7-16(15)23/h1-7,10H,8-9,12H2,(H,21,24)(H,22,25). The first kappa shape index (κ1) is 17.2. The maximum absolute atomic E-state index is 12.5. The lowest BCUT2D eigenvalue weighted by Gasteiger charge is -2.29. The molecule has 26 heavy (non-hydrogen) atoms. The fourth-order valence-corrected chi connectivity index (χ4v) is 2.70. The van der Waals surface area contributed by atoms with Crippen molar-refractivity contribution in [2.24, 2.45) is 0 Å². The van der Waals surface area contributed by atoms with Crippen molar-refractivity contribution >= 4 is 34.8 Å². The number of fused-ring (bicyclic) bond motifs is 1. The average molecular weight is 348 g/mol. The fraction of sp³-hybridized carbons (Fsp3) is 0.158. The van der Waals surface area contributed by atoms with Gasteiger partial charge in [0.15, 0.2) is 0 Å². The molecule has 3 amide bonds. The van der Waals surface area contributed by atoms with Crippen molar-refractivity contribution in [1.82, 2.24) is 0 Å². The summed E-state index contributed by atoms with van der Waals surface area (Å²) < 4.78 is 0. The minimum atomic E-state index is -0.330. The van der Waals surface area contributed by atoms with E-state index < -0.39 is 0 Å². The molecule has 0 radical (unpaired) electrons. The normalized spacial score (nSPS) is 12.6. The number of nitriles is 1.